The average Bonchev–Trinajstić information content (AvgIpc) is 2.89. The van der Waals surface area contributed by atoms with E-state index in [9.17, 15) is 24.0 Å². The molecule has 0 aliphatic rings. The van der Waals surface area contributed by atoms with Crippen LogP contribution in [0.25, 0.3) is 0 Å². The minimum absolute atomic E-state index is 0.0450. The van der Waals surface area contributed by atoms with Crippen LogP contribution in [0.4, 0.5) is 0 Å². The number of aryl methyl sites for hydroxylation is 3. The number of rotatable bonds is 5. The molecule has 3 aromatic carbocycles. The second-order valence-corrected chi connectivity index (χ2v) is 10.4. The zero-order chi connectivity index (χ0) is 29.8. The Morgan fingerprint density at radius 1 is 0.750 bits per heavy atom. The number of carboxylic acids is 1. The van der Waals surface area contributed by atoms with Gasteiger partial charge in [0.15, 0.2) is 0 Å². The SMILES string of the molecule is CCc1ccc(C(=O)N(C(=O)C(=O)Oc2ccc(C(=O)O)cc2)N(C(=O)c2cc(C)cc(C)c2)C(C)(C)C)cc1. The zero-order valence-electron chi connectivity index (χ0n) is 23.3. The van der Waals surface area contributed by atoms with Crippen molar-refractivity contribution in [3.63, 3.8) is 0 Å². The van der Waals surface area contributed by atoms with Crippen molar-refractivity contribution in [1.29, 1.82) is 0 Å². The Kier molecular flexibility index (Phi) is 8.88. The summed E-state index contributed by atoms with van der Waals surface area (Å²) in [6, 6.07) is 16.5. The molecule has 0 saturated carbocycles. The molecule has 40 heavy (non-hydrogen) atoms. The number of carbonyl (C=O) groups is 5. The molecule has 9 heteroatoms. The molecule has 0 aliphatic heterocycles. The van der Waals surface area contributed by atoms with Gasteiger partial charge in [0.2, 0.25) is 0 Å². The van der Waals surface area contributed by atoms with Crippen LogP contribution in [0.1, 0.15) is 75.5 Å². The lowest BCUT2D eigenvalue weighted by molar-refractivity contribution is -0.161. The van der Waals surface area contributed by atoms with E-state index in [0.717, 1.165) is 28.1 Å². The predicted molar refractivity (Wildman–Crippen MR) is 148 cm³/mol. The molecular weight excluding hydrogens is 512 g/mol. The van der Waals surface area contributed by atoms with Crippen LogP contribution in [0, 0.1) is 13.8 Å². The summed E-state index contributed by atoms with van der Waals surface area (Å²) >= 11 is 0. The van der Waals surface area contributed by atoms with Crippen LogP contribution in [0.3, 0.4) is 0 Å². The van der Waals surface area contributed by atoms with Crippen LogP contribution in [-0.4, -0.2) is 50.3 Å². The number of aromatic carboxylic acids is 1. The molecule has 9 nitrogen and oxygen atoms in total. The fraction of sp³-hybridized carbons (Fsp3) is 0.258. The highest BCUT2D eigenvalue weighted by Crippen LogP contribution is 2.25. The maximum atomic E-state index is 13.9. The van der Waals surface area contributed by atoms with Gasteiger partial charge in [-0.25, -0.2) is 14.6 Å². The third-order valence-electron chi connectivity index (χ3n) is 5.98. The van der Waals surface area contributed by atoms with Gasteiger partial charge in [0.05, 0.1) is 11.1 Å². The van der Waals surface area contributed by atoms with Crippen molar-refractivity contribution in [2.45, 2.75) is 53.5 Å². The summed E-state index contributed by atoms with van der Waals surface area (Å²) < 4.78 is 5.19. The van der Waals surface area contributed by atoms with Gasteiger partial charge in [-0.05, 0) is 95.1 Å². The molecule has 0 atom stereocenters. The molecule has 0 saturated heterocycles. The van der Waals surface area contributed by atoms with Crippen molar-refractivity contribution in [2.75, 3.05) is 0 Å². The summed E-state index contributed by atoms with van der Waals surface area (Å²) in [7, 11) is 0. The smallest absolute Gasteiger partial charge is 0.404 e. The first-order valence-electron chi connectivity index (χ1n) is 12.7. The number of carbonyl (C=O) groups excluding carboxylic acids is 4. The second kappa shape index (κ2) is 11.9. The van der Waals surface area contributed by atoms with E-state index in [2.05, 4.69) is 0 Å². The maximum absolute atomic E-state index is 13.9. The van der Waals surface area contributed by atoms with E-state index in [1.54, 1.807) is 45.0 Å². The summed E-state index contributed by atoms with van der Waals surface area (Å²) in [5, 5.41) is 10.6. The van der Waals surface area contributed by atoms with Crippen LogP contribution >= 0.6 is 0 Å². The molecule has 1 N–H and O–H groups in total. The number of hydrazine groups is 1. The quantitative estimate of drug-likeness (QED) is 0.208. The van der Waals surface area contributed by atoms with Crippen LogP contribution in [-0.2, 0) is 16.0 Å². The minimum atomic E-state index is -1.43. The van der Waals surface area contributed by atoms with E-state index in [-0.39, 0.29) is 22.4 Å². The van der Waals surface area contributed by atoms with Crippen LogP contribution < -0.4 is 4.74 Å². The highest BCUT2D eigenvalue weighted by Gasteiger charge is 2.43. The highest BCUT2D eigenvalue weighted by molar-refractivity contribution is 6.37. The lowest BCUT2D eigenvalue weighted by Crippen LogP contribution is -2.62. The van der Waals surface area contributed by atoms with E-state index in [1.807, 2.05) is 26.8 Å². The fourth-order valence-corrected chi connectivity index (χ4v) is 4.10. The molecule has 0 fully saturated rings. The lowest BCUT2D eigenvalue weighted by Gasteiger charge is -2.41. The summed E-state index contributed by atoms with van der Waals surface area (Å²) in [6.07, 6.45) is 0.726. The Hall–Kier alpha value is -4.79. The normalized spacial score (nSPS) is 10.9. The molecule has 0 aromatic heterocycles. The fourth-order valence-electron chi connectivity index (χ4n) is 4.10. The lowest BCUT2D eigenvalue weighted by atomic mass is 10.0. The first-order valence-corrected chi connectivity index (χ1v) is 12.7. The van der Waals surface area contributed by atoms with Gasteiger partial charge in [-0.2, -0.15) is 5.01 Å². The molecule has 0 unspecified atom stereocenters. The van der Waals surface area contributed by atoms with Gasteiger partial charge in [0.1, 0.15) is 5.75 Å². The third-order valence-corrected chi connectivity index (χ3v) is 5.98. The minimum Gasteiger partial charge on any atom is -0.478 e. The number of carboxylic acid groups (broad SMARTS) is 1. The molecular formula is C31H32N2O7. The second-order valence-electron chi connectivity index (χ2n) is 10.4. The summed E-state index contributed by atoms with van der Waals surface area (Å²) in [5.41, 5.74) is 1.71. The number of esters is 1. The first-order chi connectivity index (χ1) is 18.7. The summed E-state index contributed by atoms with van der Waals surface area (Å²) in [5.74, 6) is -5.65. The van der Waals surface area contributed by atoms with Crippen molar-refractivity contribution in [2.24, 2.45) is 0 Å². The zero-order valence-corrected chi connectivity index (χ0v) is 23.3. The van der Waals surface area contributed by atoms with Crippen LogP contribution in [0.2, 0.25) is 0 Å². The first kappa shape index (κ1) is 29.8. The highest BCUT2D eigenvalue weighted by atomic mass is 16.5. The largest absolute Gasteiger partial charge is 0.478 e. The number of hydrogen-bond donors (Lipinski definition) is 1. The van der Waals surface area contributed by atoms with Gasteiger partial charge in [-0.15, -0.1) is 0 Å². The van der Waals surface area contributed by atoms with Gasteiger partial charge >= 0.3 is 17.8 Å². The molecule has 0 radical (unpaired) electrons. The number of hydrogen-bond acceptors (Lipinski definition) is 6. The molecule has 0 aliphatic carbocycles. The van der Waals surface area contributed by atoms with Crippen LogP contribution in [0.5, 0.6) is 5.75 Å². The van der Waals surface area contributed by atoms with Crippen molar-refractivity contribution < 1.29 is 33.8 Å². The Morgan fingerprint density at radius 2 is 1.27 bits per heavy atom. The van der Waals surface area contributed by atoms with Gasteiger partial charge in [0.25, 0.3) is 11.8 Å². The van der Waals surface area contributed by atoms with Gasteiger partial charge in [-0.1, -0.05) is 36.2 Å². The van der Waals surface area contributed by atoms with E-state index in [1.165, 1.54) is 36.4 Å². The molecule has 3 amide bonds. The van der Waals surface area contributed by atoms with E-state index in [4.69, 9.17) is 9.84 Å². The Labute approximate surface area is 232 Å². The van der Waals surface area contributed by atoms with Gasteiger partial charge < -0.3 is 9.84 Å². The van der Waals surface area contributed by atoms with Gasteiger partial charge in [0, 0.05) is 11.1 Å². The average molecular weight is 545 g/mol. The monoisotopic (exact) mass is 544 g/mol. The molecule has 3 rings (SSSR count). The van der Waals surface area contributed by atoms with Gasteiger partial charge in [-0.3, -0.25) is 14.4 Å². The van der Waals surface area contributed by atoms with Crippen molar-refractivity contribution >= 4 is 29.7 Å². The van der Waals surface area contributed by atoms with E-state index >= 15 is 0 Å². The van der Waals surface area contributed by atoms with Crippen molar-refractivity contribution in [3.8, 4) is 5.75 Å². The standard InChI is InChI=1S/C31H32N2O7/c1-7-21-8-10-22(11-9-21)26(34)32(28(36)30(39)40-25-14-12-23(13-15-25)29(37)38)33(31(4,5)6)27(35)24-17-19(2)16-20(3)18-24/h8-18H,7H2,1-6H3,(H,37,38). The number of benzene rings is 3. The van der Waals surface area contributed by atoms with Crippen LogP contribution in [0.15, 0.2) is 66.7 Å². The number of nitrogens with zero attached hydrogens (tertiary/aromatic N) is 2. The van der Waals surface area contributed by atoms with E-state index in [0.29, 0.717) is 5.01 Å². The Bertz CT molecular complexity index is 1430. The van der Waals surface area contributed by atoms with Crippen molar-refractivity contribution in [1.82, 2.24) is 10.0 Å². The Morgan fingerprint density at radius 3 is 1.75 bits per heavy atom. The van der Waals surface area contributed by atoms with Crippen molar-refractivity contribution in [3.05, 3.63) is 100 Å². The van der Waals surface area contributed by atoms with E-state index < -0.39 is 35.2 Å². The predicted octanol–water partition coefficient (Wildman–Crippen LogP) is 4.99. The summed E-state index contributed by atoms with van der Waals surface area (Å²) in [6.45, 7) is 10.5. The number of amides is 3. The Balaban J connectivity index is 2.09. The number of ether oxygens (including phenoxy) is 1. The topological polar surface area (TPSA) is 121 Å². The summed E-state index contributed by atoms with van der Waals surface area (Å²) in [4.78, 5) is 65.7. The molecule has 0 spiro atoms. The number of imide groups is 1. The molecule has 0 heterocycles. The maximum Gasteiger partial charge on any atom is 0.404 e. The third kappa shape index (κ3) is 6.79. The molecule has 208 valence electrons. The molecule has 3 aromatic rings. The molecule has 0 bridgehead atoms.